The van der Waals surface area contributed by atoms with E-state index >= 15 is 0 Å². The van der Waals surface area contributed by atoms with E-state index in [1.807, 2.05) is 0 Å². The zero-order valence-electron chi connectivity index (χ0n) is 15.1. The van der Waals surface area contributed by atoms with Crippen LogP contribution >= 0.6 is 0 Å². The molecule has 10 heteroatoms. The number of nitrogens with zero attached hydrogens (tertiary/aromatic N) is 3. The summed E-state index contributed by atoms with van der Waals surface area (Å²) >= 11 is 0. The summed E-state index contributed by atoms with van der Waals surface area (Å²) in [5.41, 5.74) is -0.495. The number of ether oxygens (including phenoxy) is 1. The number of halogens is 3. The number of fused-ring (bicyclic) bond motifs is 1. The van der Waals surface area contributed by atoms with Crippen LogP contribution in [0.1, 0.15) is 12.0 Å². The molecule has 0 unspecified atom stereocenters. The minimum absolute atomic E-state index is 0.00635. The van der Waals surface area contributed by atoms with Gasteiger partial charge in [0.2, 0.25) is 0 Å². The maximum Gasteiger partial charge on any atom is 0.417 e. The highest BCUT2D eigenvalue weighted by Crippen LogP contribution is 2.28. The fraction of sp³-hybridized carbons (Fsp3) is 0.263. The lowest BCUT2D eigenvalue weighted by Crippen LogP contribution is -2.23. The van der Waals surface area contributed by atoms with Crippen molar-refractivity contribution in [2.75, 3.05) is 18.5 Å². The van der Waals surface area contributed by atoms with Crippen LogP contribution in [0.5, 0.6) is 0 Å². The minimum atomic E-state index is -4.44. The van der Waals surface area contributed by atoms with E-state index in [1.54, 1.807) is 24.3 Å². The van der Waals surface area contributed by atoms with Gasteiger partial charge in [-0.05, 0) is 24.3 Å². The first-order valence-electron chi connectivity index (χ1n) is 8.71. The molecule has 0 fully saturated rings. The number of alkyl halides is 3. The van der Waals surface area contributed by atoms with Crippen molar-refractivity contribution in [3.63, 3.8) is 0 Å². The lowest BCUT2D eigenvalue weighted by molar-refractivity contribution is -0.143. The Bertz CT molecular complexity index is 1050. The highest BCUT2D eigenvalue weighted by Gasteiger charge is 2.30. The summed E-state index contributed by atoms with van der Waals surface area (Å²) in [4.78, 5) is 32.0. The molecule has 0 aliphatic carbocycles. The number of pyridine rings is 1. The minimum Gasteiger partial charge on any atom is -0.464 e. The molecule has 0 radical (unpaired) electrons. The van der Waals surface area contributed by atoms with Crippen molar-refractivity contribution >= 4 is 22.7 Å². The molecule has 1 N–H and O–H groups in total. The average molecular weight is 406 g/mol. The third-order valence-corrected chi connectivity index (χ3v) is 4.05. The largest absolute Gasteiger partial charge is 0.464 e. The number of carbonyl (C=O) groups excluding carboxylic acids is 1. The van der Waals surface area contributed by atoms with Crippen LogP contribution < -0.4 is 10.9 Å². The Hall–Kier alpha value is -3.43. The molecule has 0 spiro atoms. The van der Waals surface area contributed by atoms with Crippen LogP contribution in [0.4, 0.5) is 19.0 Å². The standard InChI is InChI=1S/C19H17F3N4O3/c20-19(21,22)13-5-6-16(24-11-13)23-8-10-29-17(27)7-9-26-12-25-15-4-2-1-3-14(15)18(26)28/h1-6,11-12H,7-10H2,(H,23,24). The van der Waals surface area contributed by atoms with Gasteiger partial charge in [-0.1, -0.05) is 12.1 Å². The molecule has 1 aromatic carbocycles. The van der Waals surface area contributed by atoms with E-state index in [0.717, 1.165) is 12.3 Å². The van der Waals surface area contributed by atoms with Crippen molar-refractivity contribution in [1.29, 1.82) is 0 Å². The smallest absolute Gasteiger partial charge is 0.417 e. The van der Waals surface area contributed by atoms with E-state index in [9.17, 15) is 22.8 Å². The number of hydrogen-bond acceptors (Lipinski definition) is 6. The predicted molar refractivity (Wildman–Crippen MR) is 99.3 cm³/mol. The van der Waals surface area contributed by atoms with Gasteiger partial charge in [0.05, 0.1) is 35.8 Å². The molecule has 0 saturated heterocycles. The third kappa shape index (κ3) is 5.31. The van der Waals surface area contributed by atoms with Crippen molar-refractivity contribution in [2.24, 2.45) is 0 Å². The van der Waals surface area contributed by atoms with Crippen LogP contribution in [0, 0.1) is 0 Å². The maximum atomic E-state index is 12.5. The number of aromatic nitrogens is 3. The monoisotopic (exact) mass is 406 g/mol. The van der Waals surface area contributed by atoms with Crippen LogP contribution in [0.2, 0.25) is 0 Å². The first kappa shape index (κ1) is 20.3. The molecule has 2 aromatic heterocycles. The number of hydrogen-bond donors (Lipinski definition) is 1. The summed E-state index contributed by atoms with van der Waals surface area (Å²) in [5, 5.41) is 3.23. The predicted octanol–water partition coefficient (Wildman–Crippen LogP) is 2.86. The van der Waals surface area contributed by atoms with E-state index in [-0.39, 0.29) is 37.5 Å². The number of carbonyl (C=O) groups is 1. The fourth-order valence-corrected chi connectivity index (χ4v) is 2.56. The second-order valence-electron chi connectivity index (χ2n) is 6.09. The van der Waals surface area contributed by atoms with Crippen molar-refractivity contribution in [1.82, 2.24) is 14.5 Å². The molecule has 0 aliphatic heterocycles. The fourth-order valence-electron chi connectivity index (χ4n) is 2.56. The summed E-state index contributed by atoms with van der Waals surface area (Å²) in [6.45, 7) is 0.317. The second-order valence-corrected chi connectivity index (χ2v) is 6.09. The number of aryl methyl sites for hydroxylation is 1. The molecule has 0 amide bonds. The van der Waals surface area contributed by atoms with Gasteiger partial charge in [0.25, 0.3) is 5.56 Å². The Morgan fingerprint density at radius 2 is 1.93 bits per heavy atom. The van der Waals surface area contributed by atoms with Gasteiger partial charge in [-0.2, -0.15) is 13.2 Å². The molecular weight excluding hydrogens is 389 g/mol. The number of esters is 1. The Kier molecular flexibility index (Phi) is 6.10. The number of rotatable bonds is 7. The topological polar surface area (TPSA) is 86.1 Å². The van der Waals surface area contributed by atoms with Crippen LogP contribution in [-0.4, -0.2) is 33.7 Å². The molecule has 3 aromatic rings. The molecule has 0 saturated carbocycles. The first-order chi connectivity index (χ1) is 13.8. The number of anilines is 1. The van der Waals surface area contributed by atoms with Crippen LogP contribution in [0.15, 0.2) is 53.7 Å². The third-order valence-electron chi connectivity index (χ3n) is 4.05. The van der Waals surface area contributed by atoms with Gasteiger partial charge >= 0.3 is 12.1 Å². The van der Waals surface area contributed by atoms with Gasteiger partial charge < -0.3 is 10.1 Å². The van der Waals surface area contributed by atoms with Crippen molar-refractivity contribution in [3.8, 4) is 0 Å². The number of benzene rings is 1. The molecule has 29 heavy (non-hydrogen) atoms. The van der Waals surface area contributed by atoms with E-state index in [0.29, 0.717) is 10.9 Å². The van der Waals surface area contributed by atoms with Crippen LogP contribution in [-0.2, 0) is 22.3 Å². The average Bonchev–Trinajstić information content (AvgIpc) is 2.70. The molecule has 0 bridgehead atoms. The van der Waals surface area contributed by atoms with Gasteiger partial charge in [0, 0.05) is 12.7 Å². The van der Waals surface area contributed by atoms with Gasteiger partial charge in [-0.15, -0.1) is 0 Å². The Morgan fingerprint density at radius 1 is 1.14 bits per heavy atom. The molecule has 7 nitrogen and oxygen atoms in total. The normalized spacial score (nSPS) is 11.4. The van der Waals surface area contributed by atoms with E-state index < -0.39 is 17.7 Å². The van der Waals surface area contributed by atoms with E-state index in [2.05, 4.69) is 15.3 Å². The summed E-state index contributed by atoms with van der Waals surface area (Å²) in [7, 11) is 0. The van der Waals surface area contributed by atoms with Crippen molar-refractivity contribution in [3.05, 3.63) is 64.8 Å². The zero-order chi connectivity index (χ0) is 20.9. The van der Waals surface area contributed by atoms with Gasteiger partial charge in [-0.25, -0.2) is 9.97 Å². The Balaban J connectivity index is 1.43. The highest BCUT2D eigenvalue weighted by atomic mass is 19.4. The maximum absolute atomic E-state index is 12.5. The SMILES string of the molecule is O=C(CCn1cnc2ccccc2c1=O)OCCNc1ccc(C(F)(F)F)cn1. The van der Waals surface area contributed by atoms with E-state index in [1.165, 1.54) is 17.0 Å². The van der Waals surface area contributed by atoms with Crippen molar-refractivity contribution < 1.29 is 22.7 Å². The van der Waals surface area contributed by atoms with E-state index in [4.69, 9.17) is 4.74 Å². The second kappa shape index (κ2) is 8.72. The molecule has 3 rings (SSSR count). The van der Waals surface area contributed by atoms with Crippen molar-refractivity contribution in [2.45, 2.75) is 19.1 Å². The Morgan fingerprint density at radius 3 is 2.66 bits per heavy atom. The van der Waals surface area contributed by atoms with Gasteiger partial charge in [0.1, 0.15) is 12.4 Å². The summed E-state index contributed by atoms with van der Waals surface area (Å²) < 4.78 is 43.8. The first-order valence-corrected chi connectivity index (χ1v) is 8.71. The summed E-state index contributed by atoms with van der Waals surface area (Å²) in [5.74, 6) is -0.268. The number of nitrogens with one attached hydrogen (secondary N) is 1. The summed E-state index contributed by atoms with van der Waals surface area (Å²) in [6, 6.07) is 9.03. The quantitative estimate of drug-likeness (QED) is 0.480. The molecule has 2 heterocycles. The highest BCUT2D eigenvalue weighted by molar-refractivity contribution is 5.77. The lowest BCUT2D eigenvalue weighted by atomic mass is 10.2. The molecular formula is C19H17F3N4O3. The van der Waals surface area contributed by atoms with Crippen LogP contribution in [0.3, 0.4) is 0 Å². The Labute approximate surface area is 163 Å². The molecule has 0 aliphatic rings. The van der Waals surface area contributed by atoms with Gasteiger partial charge in [-0.3, -0.25) is 14.2 Å². The van der Waals surface area contributed by atoms with Gasteiger partial charge in [0.15, 0.2) is 0 Å². The number of para-hydroxylation sites is 1. The zero-order valence-corrected chi connectivity index (χ0v) is 15.1. The molecule has 0 atom stereocenters. The summed E-state index contributed by atoms with van der Waals surface area (Å²) in [6.07, 6.45) is -2.35. The molecule has 152 valence electrons. The van der Waals surface area contributed by atoms with Crippen LogP contribution in [0.25, 0.3) is 10.9 Å². The lowest BCUT2D eigenvalue weighted by Gasteiger charge is -2.09.